The lowest BCUT2D eigenvalue weighted by atomic mass is 9.75. The van der Waals surface area contributed by atoms with Gasteiger partial charge in [-0.25, -0.2) is 0 Å². The van der Waals surface area contributed by atoms with Crippen LogP contribution in [-0.2, 0) is 14.3 Å². The normalized spacial score (nSPS) is 22.6. The largest absolute Gasteiger partial charge is 0.469 e. The van der Waals surface area contributed by atoms with Crippen LogP contribution in [0.3, 0.4) is 0 Å². The Bertz CT molecular complexity index is 177. The minimum absolute atomic E-state index is 0.109. The van der Waals surface area contributed by atoms with Crippen LogP contribution in [0.2, 0.25) is 0 Å². The quantitative estimate of drug-likeness (QED) is 0.599. The van der Waals surface area contributed by atoms with Crippen molar-refractivity contribution in [3.05, 3.63) is 0 Å². The van der Waals surface area contributed by atoms with Crippen LogP contribution in [0.1, 0.15) is 6.92 Å². The maximum Gasteiger partial charge on any atom is 0.310 e. The highest BCUT2D eigenvalue weighted by molar-refractivity contribution is 5.73. The number of rotatable bonds is 3. The van der Waals surface area contributed by atoms with Gasteiger partial charge in [0.25, 0.3) is 0 Å². The predicted molar refractivity (Wildman–Crippen MR) is 43.5 cm³/mol. The minimum Gasteiger partial charge on any atom is -0.469 e. The molecule has 1 fully saturated rings. The van der Waals surface area contributed by atoms with Crippen molar-refractivity contribution in [3.8, 4) is 0 Å². The number of ether oxygens (including phenoxy) is 2. The predicted octanol–water partition coefficient (Wildman–Crippen LogP) is -0.229. The molecule has 4 nitrogen and oxygen atoms in total. The molecule has 0 aromatic heterocycles. The smallest absolute Gasteiger partial charge is 0.310 e. The Morgan fingerprint density at radius 3 is 2.58 bits per heavy atom. The van der Waals surface area contributed by atoms with Gasteiger partial charge in [-0.1, -0.05) is 6.92 Å². The van der Waals surface area contributed by atoms with Gasteiger partial charge in [-0.05, 0) is 0 Å². The first-order chi connectivity index (χ1) is 5.64. The van der Waals surface area contributed by atoms with E-state index in [0.717, 1.165) is 0 Å². The molecule has 12 heavy (non-hydrogen) atoms. The summed E-state index contributed by atoms with van der Waals surface area (Å²) in [6, 6.07) is 0. The van der Waals surface area contributed by atoms with Crippen LogP contribution < -0.4 is 5.73 Å². The zero-order valence-electron chi connectivity index (χ0n) is 7.50. The monoisotopic (exact) mass is 173 g/mol. The molecule has 0 aromatic rings. The van der Waals surface area contributed by atoms with Crippen molar-refractivity contribution >= 4 is 5.97 Å². The maximum atomic E-state index is 11.2. The molecule has 0 spiro atoms. The maximum absolute atomic E-state index is 11.2. The summed E-state index contributed by atoms with van der Waals surface area (Å²) in [5, 5.41) is 0. The standard InChI is InChI=1S/C8H15NO3/c1-8(4-12-5-8)6(3-9)7(10)11-2/h6H,3-5,9H2,1-2H3. The number of methoxy groups -OCH3 is 1. The van der Waals surface area contributed by atoms with Crippen LogP contribution in [0.25, 0.3) is 0 Å². The lowest BCUT2D eigenvalue weighted by Crippen LogP contribution is -2.51. The van der Waals surface area contributed by atoms with Gasteiger partial charge in [0.2, 0.25) is 0 Å². The second-order valence-electron chi connectivity index (χ2n) is 3.46. The summed E-state index contributed by atoms with van der Waals surface area (Å²) in [5.74, 6) is -0.459. The van der Waals surface area contributed by atoms with Crippen molar-refractivity contribution in [3.63, 3.8) is 0 Å². The van der Waals surface area contributed by atoms with Gasteiger partial charge in [0.15, 0.2) is 0 Å². The summed E-state index contributed by atoms with van der Waals surface area (Å²) < 4.78 is 9.70. The number of hydrogen-bond acceptors (Lipinski definition) is 4. The molecule has 0 amide bonds. The lowest BCUT2D eigenvalue weighted by molar-refractivity contribution is -0.172. The topological polar surface area (TPSA) is 61.5 Å². The van der Waals surface area contributed by atoms with Crippen molar-refractivity contribution < 1.29 is 14.3 Å². The first-order valence-corrected chi connectivity index (χ1v) is 3.99. The molecule has 1 rings (SSSR count). The van der Waals surface area contributed by atoms with E-state index in [1.165, 1.54) is 7.11 Å². The average molecular weight is 173 g/mol. The van der Waals surface area contributed by atoms with Gasteiger partial charge in [-0.2, -0.15) is 0 Å². The van der Waals surface area contributed by atoms with Gasteiger partial charge in [0.1, 0.15) is 0 Å². The Morgan fingerprint density at radius 2 is 2.33 bits per heavy atom. The van der Waals surface area contributed by atoms with E-state index in [-0.39, 0.29) is 17.3 Å². The van der Waals surface area contributed by atoms with Crippen LogP contribution >= 0.6 is 0 Å². The van der Waals surface area contributed by atoms with Crippen molar-refractivity contribution in [2.24, 2.45) is 17.1 Å². The third-order valence-corrected chi connectivity index (χ3v) is 2.43. The Kier molecular flexibility index (Phi) is 2.69. The zero-order valence-corrected chi connectivity index (χ0v) is 7.50. The van der Waals surface area contributed by atoms with E-state index in [1.807, 2.05) is 6.92 Å². The van der Waals surface area contributed by atoms with Crippen LogP contribution in [-0.4, -0.2) is 32.8 Å². The van der Waals surface area contributed by atoms with Gasteiger partial charge in [0, 0.05) is 12.0 Å². The number of nitrogens with two attached hydrogens (primary N) is 1. The molecule has 1 atom stereocenters. The van der Waals surface area contributed by atoms with E-state index >= 15 is 0 Å². The highest BCUT2D eigenvalue weighted by atomic mass is 16.5. The average Bonchev–Trinajstić information content (AvgIpc) is 2.02. The molecule has 0 bridgehead atoms. The Labute approximate surface area is 72.0 Å². The molecule has 0 aromatic carbocycles. The summed E-state index contributed by atoms with van der Waals surface area (Å²) >= 11 is 0. The van der Waals surface area contributed by atoms with Crippen molar-refractivity contribution in [1.82, 2.24) is 0 Å². The van der Waals surface area contributed by atoms with E-state index in [4.69, 9.17) is 10.5 Å². The molecular weight excluding hydrogens is 158 g/mol. The third-order valence-electron chi connectivity index (χ3n) is 2.43. The summed E-state index contributed by atoms with van der Waals surface area (Å²) in [7, 11) is 1.38. The molecule has 1 heterocycles. The van der Waals surface area contributed by atoms with Gasteiger partial charge in [0.05, 0.1) is 26.2 Å². The molecule has 0 aliphatic carbocycles. The lowest BCUT2D eigenvalue weighted by Gasteiger charge is -2.42. The number of hydrogen-bond donors (Lipinski definition) is 1. The molecule has 1 aliphatic rings. The van der Waals surface area contributed by atoms with Crippen molar-refractivity contribution in [1.29, 1.82) is 0 Å². The molecule has 2 N–H and O–H groups in total. The molecule has 70 valence electrons. The van der Waals surface area contributed by atoms with Crippen LogP contribution in [0.5, 0.6) is 0 Å². The van der Waals surface area contributed by atoms with Gasteiger partial charge in [-0.15, -0.1) is 0 Å². The van der Waals surface area contributed by atoms with Crippen molar-refractivity contribution in [2.75, 3.05) is 26.9 Å². The summed E-state index contributed by atoms with van der Waals surface area (Å²) in [6.07, 6.45) is 0. The highest BCUT2D eigenvalue weighted by Gasteiger charge is 2.44. The number of carbonyl (C=O) groups excluding carboxylic acids is 1. The Balaban J connectivity index is 2.60. The summed E-state index contributed by atoms with van der Waals surface area (Å²) in [6.45, 7) is 3.52. The van der Waals surface area contributed by atoms with Gasteiger partial charge < -0.3 is 15.2 Å². The summed E-state index contributed by atoms with van der Waals surface area (Å²) in [4.78, 5) is 11.2. The molecule has 0 saturated carbocycles. The van der Waals surface area contributed by atoms with E-state index in [2.05, 4.69) is 4.74 Å². The van der Waals surface area contributed by atoms with Crippen LogP contribution in [0, 0.1) is 11.3 Å². The molecule has 1 unspecified atom stereocenters. The first kappa shape index (κ1) is 9.48. The van der Waals surface area contributed by atoms with E-state index in [0.29, 0.717) is 19.8 Å². The van der Waals surface area contributed by atoms with E-state index in [1.54, 1.807) is 0 Å². The molecule has 1 aliphatic heterocycles. The highest BCUT2D eigenvalue weighted by Crippen LogP contribution is 2.35. The fourth-order valence-electron chi connectivity index (χ4n) is 1.43. The van der Waals surface area contributed by atoms with E-state index in [9.17, 15) is 4.79 Å². The fourth-order valence-corrected chi connectivity index (χ4v) is 1.43. The fraction of sp³-hybridized carbons (Fsp3) is 0.875. The van der Waals surface area contributed by atoms with Gasteiger partial charge >= 0.3 is 5.97 Å². The summed E-state index contributed by atoms with van der Waals surface area (Å²) in [5.41, 5.74) is 5.38. The van der Waals surface area contributed by atoms with Crippen LogP contribution in [0.4, 0.5) is 0 Å². The first-order valence-electron chi connectivity index (χ1n) is 3.99. The Morgan fingerprint density at radius 1 is 1.75 bits per heavy atom. The molecular formula is C8H15NO3. The van der Waals surface area contributed by atoms with E-state index < -0.39 is 0 Å². The second-order valence-corrected chi connectivity index (χ2v) is 3.46. The third kappa shape index (κ3) is 1.44. The SMILES string of the molecule is COC(=O)C(CN)C1(C)COC1. The zero-order chi connectivity index (χ0) is 9.19. The number of esters is 1. The second kappa shape index (κ2) is 3.41. The van der Waals surface area contributed by atoms with Gasteiger partial charge in [-0.3, -0.25) is 4.79 Å². The van der Waals surface area contributed by atoms with Crippen molar-refractivity contribution in [2.45, 2.75) is 6.92 Å². The van der Waals surface area contributed by atoms with Crippen LogP contribution in [0.15, 0.2) is 0 Å². The number of carbonyl (C=O) groups is 1. The molecule has 4 heteroatoms. The molecule has 0 radical (unpaired) electrons. The minimum atomic E-state index is -0.233. The Hall–Kier alpha value is -0.610. The molecule has 1 saturated heterocycles.